The van der Waals surface area contributed by atoms with E-state index >= 15 is 0 Å². The summed E-state index contributed by atoms with van der Waals surface area (Å²) in [7, 11) is 2.02. The van der Waals surface area contributed by atoms with Crippen molar-refractivity contribution >= 4 is 16.9 Å². The molecule has 1 aromatic heterocycles. The van der Waals surface area contributed by atoms with Gasteiger partial charge >= 0.3 is 5.97 Å². The fourth-order valence-electron chi connectivity index (χ4n) is 3.05. The zero-order valence-corrected chi connectivity index (χ0v) is 10.5. The predicted molar refractivity (Wildman–Crippen MR) is 70.7 cm³/mol. The van der Waals surface area contributed by atoms with E-state index in [0.29, 0.717) is 0 Å². The Morgan fingerprint density at radius 1 is 1.39 bits per heavy atom. The fraction of sp³-hybridized carbons (Fsp3) is 0.400. The summed E-state index contributed by atoms with van der Waals surface area (Å²) in [6.45, 7) is 0. The minimum atomic E-state index is -0.693. The number of carboxylic acids is 1. The van der Waals surface area contributed by atoms with Crippen molar-refractivity contribution in [3.8, 4) is 0 Å². The molecule has 3 rings (SSSR count). The summed E-state index contributed by atoms with van der Waals surface area (Å²) in [6.07, 6.45) is 5.42. The Kier molecular flexibility index (Phi) is 2.44. The van der Waals surface area contributed by atoms with Gasteiger partial charge in [-0.2, -0.15) is 0 Å². The second-order valence-corrected chi connectivity index (χ2v) is 5.40. The third kappa shape index (κ3) is 1.62. The van der Waals surface area contributed by atoms with Crippen LogP contribution in [0.5, 0.6) is 0 Å². The average molecular weight is 243 g/mol. The molecule has 0 atom stereocenters. The highest BCUT2D eigenvalue weighted by atomic mass is 16.4. The van der Waals surface area contributed by atoms with Gasteiger partial charge in [0.15, 0.2) is 0 Å². The number of nitrogens with zero attached hydrogens (tertiary/aromatic N) is 1. The Bertz CT molecular complexity index is 608. The highest BCUT2D eigenvalue weighted by molar-refractivity contribution is 5.81. The largest absolute Gasteiger partial charge is 0.481 e. The number of fused-ring (bicyclic) bond motifs is 1. The van der Waals surface area contributed by atoms with E-state index in [1.54, 1.807) is 0 Å². The molecule has 1 N–H and O–H groups in total. The molecule has 1 aliphatic rings. The molecule has 0 spiro atoms. The quantitative estimate of drug-likeness (QED) is 0.900. The van der Waals surface area contributed by atoms with Crippen molar-refractivity contribution in [2.24, 2.45) is 7.05 Å². The van der Waals surface area contributed by atoms with Crippen molar-refractivity contribution in [2.75, 3.05) is 0 Å². The second-order valence-electron chi connectivity index (χ2n) is 5.40. The lowest BCUT2D eigenvalue weighted by Gasteiger charge is -2.41. The first-order valence-electron chi connectivity index (χ1n) is 6.38. The number of benzene rings is 1. The Hall–Kier alpha value is -1.77. The van der Waals surface area contributed by atoms with Crippen molar-refractivity contribution in [2.45, 2.75) is 31.1 Å². The molecule has 3 nitrogen and oxygen atoms in total. The van der Waals surface area contributed by atoms with Crippen LogP contribution in [0.3, 0.4) is 0 Å². The molecule has 1 fully saturated rings. The Labute approximate surface area is 106 Å². The Balaban J connectivity index is 2.06. The monoisotopic (exact) mass is 243 g/mol. The van der Waals surface area contributed by atoms with E-state index in [-0.39, 0.29) is 11.8 Å². The van der Waals surface area contributed by atoms with E-state index in [1.165, 1.54) is 16.5 Å². The van der Waals surface area contributed by atoms with E-state index < -0.39 is 5.97 Å². The minimum absolute atomic E-state index is 0.121. The van der Waals surface area contributed by atoms with Crippen molar-refractivity contribution in [1.82, 2.24) is 4.57 Å². The van der Waals surface area contributed by atoms with Gasteiger partial charge in [0.25, 0.3) is 0 Å². The van der Waals surface area contributed by atoms with E-state index in [4.69, 9.17) is 5.11 Å². The topological polar surface area (TPSA) is 42.2 Å². The third-order valence-electron chi connectivity index (χ3n) is 4.30. The van der Waals surface area contributed by atoms with Crippen LogP contribution >= 0.6 is 0 Å². The van der Waals surface area contributed by atoms with E-state index in [9.17, 15) is 4.79 Å². The first-order valence-corrected chi connectivity index (χ1v) is 6.38. The summed E-state index contributed by atoms with van der Waals surface area (Å²) in [6, 6.07) is 8.46. The van der Waals surface area contributed by atoms with Gasteiger partial charge in [0.05, 0.1) is 6.42 Å². The summed E-state index contributed by atoms with van der Waals surface area (Å²) in [5.41, 5.74) is 2.25. The lowest BCUT2D eigenvalue weighted by molar-refractivity contribution is -0.139. The maximum atomic E-state index is 11.1. The van der Waals surface area contributed by atoms with Gasteiger partial charge in [-0.15, -0.1) is 0 Å². The van der Waals surface area contributed by atoms with Gasteiger partial charge < -0.3 is 9.67 Å². The van der Waals surface area contributed by atoms with Gasteiger partial charge in [0.1, 0.15) is 0 Å². The highest BCUT2D eigenvalue weighted by Crippen LogP contribution is 2.47. The first-order chi connectivity index (χ1) is 8.61. The van der Waals surface area contributed by atoms with Crippen LogP contribution in [0.1, 0.15) is 31.2 Å². The van der Waals surface area contributed by atoms with E-state index in [1.807, 2.05) is 13.2 Å². The molecule has 0 radical (unpaired) electrons. The molecular formula is C15H17NO2. The average Bonchev–Trinajstić information content (AvgIpc) is 2.65. The van der Waals surface area contributed by atoms with Gasteiger partial charge in [0.2, 0.25) is 0 Å². The Morgan fingerprint density at radius 3 is 2.78 bits per heavy atom. The maximum Gasteiger partial charge on any atom is 0.304 e. The van der Waals surface area contributed by atoms with Crippen LogP contribution in [0, 0.1) is 0 Å². The smallest absolute Gasteiger partial charge is 0.304 e. The van der Waals surface area contributed by atoms with E-state index in [0.717, 1.165) is 19.3 Å². The minimum Gasteiger partial charge on any atom is -0.481 e. The lowest BCUT2D eigenvalue weighted by Crippen LogP contribution is -2.36. The van der Waals surface area contributed by atoms with Crippen LogP contribution < -0.4 is 0 Å². The van der Waals surface area contributed by atoms with Gasteiger partial charge in [-0.3, -0.25) is 4.79 Å². The van der Waals surface area contributed by atoms with Crippen molar-refractivity contribution in [3.63, 3.8) is 0 Å². The summed E-state index contributed by atoms with van der Waals surface area (Å²) in [4.78, 5) is 11.1. The van der Waals surface area contributed by atoms with Crippen LogP contribution in [0.25, 0.3) is 10.9 Å². The molecule has 1 aromatic carbocycles. The molecule has 3 heteroatoms. The van der Waals surface area contributed by atoms with Crippen molar-refractivity contribution in [1.29, 1.82) is 0 Å². The number of aliphatic carboxylic acids is 1. The molecule has 0 bridgehead atoms. The first kappa shape index (κ1) is 11.3. The normalized spacial score (nSPS) is 17.6. The number of aromatic nitrogens is 1. The van der Waals surface area contributed by atoms with Crippen molar-refractivity contribution in [3.05, 3.63) is 36.0 Å². The third-order valence-corrected chi connectivity index (χ3v) is 4.30. The molecule has 0 saturated heterocycles. The van der Waals surface area contributed by atoms with Gasteiger partial charge in [0, 0.05) is 24.2 Å². The molecule has 2 aromatic rings. The standard InChI is InChI=1S/C15H17NO2/c1-16-8-5-11-3-4-12(9-13(11)16)15(6-2-7-15)10-14(17)18/h3-5,8-9H,2,6-7,10H2,1H3,(H,17,18). The molecule has 94 valence electrons. The molecule has 18 heavy (non-hydrogen) atoms. The maximum absolute atomic E-state index is 11.1. The predicted octanol–water partition coefficient (Wildman–Crippen LogP) is 3.07. The number of carbonyl (C=O) groups is 1. The second kappa shape index (κ2) is 3.87. The van der Waals surface area contributed by atoms with Gasteiger partial charge in [-0.1, -0.05) is 18.6 Å². The SMILES string of the molecule is Cn1ccc2ccc(C3(CC(=O)O)CCC3)cc21. The summed E-state index contributed by atoms with van der Waals surface area (Å²) in [5, 5.41) is 10.3. The summed E-state index contributed by atoms with van der Waals surface area (Å²) >= 11 is 0. The molecule has 1 saturated carbocycles. The van der Waals surface area contributed by atoms with Crippen LogP contribution in [0.2, 0.25) is 0 Å². The lowest BCUT2D eigenvalue weighted by atomic mass is 9.62. The molecule has 0 amide bonds. The Morgan fingerprint density at radius 2 is 2.17 bits per heavy atom. The number of hydrogen-bond acceptors (Lipinski definition) is 1. The zero-order valence-electron chi connectivity index (χ0n) is 10.5. The van der Waals surface area contributed by atoms with E-state index in [2.05, 4.69) is 28.8 Å². The molecule has 1 heterocycles. The summed E-state index contributed by atoms with van der Waals surface area (Å²) in [5.74, 6) is -0.693. The number of rotatable bonds is 3. The number of carboxylic acid groups (broad SMARTS) is 1. The molecular weight excluding hydrogens is 226 g/mol. The number of hydrogen-bond donors (Lipinski definition) is 1. The van der Waals surface area contributed by atoms with Crippen LogP contribution in [0.4, 0.5) is 0 Å². The van der Waals surface area contributed by atoms with Gasteiger partial charge in [-0.05, 0) is 35.9 Å². The van der Waals surface area contributed by atoms with Gasteiger partial charge in [-0.25, -0.2) is 0 Å². The number of aryl methyl sites for hydroxylation is 1. The zero-order chi connectivity index (χ0) is 12.8. The summed E-state index contributed by atoms with van der Waals surface area (Å²) < 4.78 is 2.09. The van der Waals surface area contributed by atoms with Crippen LogP contribution in [-0.4, -0.2) is 15.6 Å². The van der Waals surface area contributed by atoms with Crippen LogP contribution in [-0.2, 0) is 17.3 Å². The molecule has 0 unspecified atom stereocenters. The van der Waals surface area contributed by atoms with Crippen LogP contribution in [0.15, 0.2) is 30.5 Å². The highest BCUT2D eigenvalue weighted by Gasteiger charge is 2.40. The molecule has 0 aliphatic heterocycles. The fourth-order valence-corrected chi connectivity index (χ4v) is 3.05. The molecule has 1 aliphatic carbocycles. The van der Waals surface area contributed by atoms with Crippen molar-refractivity contribution < 1.29 is 9.90 Å².